The van der Waals surface area contributed by atoms with Gasteiger partial charge in [-0.25, -0.2) is 13.1 Å². The first-order valence-corrected chi connectivity index (χ1v) is 9.20. The summed E-state index contributed by atoms with van der Waals surface area (Å²) in [6, 6.07) is 1.14. The molecule has 3 heterocycles. The van der Waals surface area contributed by atoms with Gasteiger partial charge in [-0.05, 0) is 25.8 Å². The van der Waals surface area contributed by atoms with Crippen LogP contribution < -0.4 is 4.72 Å². The fraction of sp³-hybridized carbons (Fsp3) is 0.643. The van der Waals surface area contributed by atoms with Crippen LogP contribution in [0.1, 0.15) is 29.0 Å². The van der Waals surface area contributed by atoms with E-state index in [-0.39, 0.29) is 18.1 Å². The summed E-state index contributed by atoms with van der Waals surface area (Å²) in [5.41, 5.74) is 0.518. The van der Waals surface area contributed by atoms with E-state index in [9.17, 15) is 13.2 Å². The highest BCUT2D eigenvalue weighted by molar-refractivity contribution is 7.88. The van der Waals surface area contributed by atoms with Gasteiger partial charge in [0.1, 0.15) is 5.76 Å². The van der Waals surface area contributed by atoms with Crippen molar-refractivity contribution in [1.29, 1.82) is 0 Å². The van der Waals surface area contributed by atoms with Crippen LogP contribution >= 0.6 is 0 Å². The molecule has 3 rings (SSSR count). The Morgan fingerprint density at radius 3 is 2.86 bits per heavy atom. The third kappa shape index (κ3) is 2.90. The Hall–Kier alpha value is -1.38. The van der Waals surface area contributed by atoms with Gasteiger partial charge in [0.2, 0.25) is 10.0 Å². The predicted octanol–water partition coefficient (Wildman–Crippen LogP) is 0.509. The zero-order valence-electron chi connectivity index (χ0n) is 12.6. The average Bonchev–Trinajstić information content (AvgIpc) is 3.01. The molecule has 2 saturated heterocycles. The van der Waals surface area contributed by atoms with Gasteiger partial charge in [0.25, 0.3) is 5.91 Å². The van der Waals surface area contributed by atoms with Gasteiger partial charge >= 0.3 is 0 Å². The lowest BCUT2D eigenvalue weighted by molar-refractivity contribution is -0.0156. The molecule has 2 aliphatic heterocycles. The normalized spacial score (nSPS) is 28.6. The first kappa shape index (κ1) is 15.5. The van der Waals surface area contributed by atoms with Crippen molar-refractivity contribution in [3.63, 3.8) is 0 Å². The van der Waals surface area contributed by atoms with Crippen molar-refractivity contribution in [2.24, 2.45) is 0 Å². The monoisotopic (exact) mass is 328 g/mol. The highest BCUT2D eigenvalue weighted by Crippen LogP contribution is 2.31. The van der Waals surface area contributed by atoms with Crippen LogP contribution in [0.25, 0.3) is 0 Å². The van der Waals surface area contributed by atoms with Gasteiger partial charge < -0.3 is 14.1 Å². The molecule has 0 saturated carbocycles. The quantitative estimate of drug-likeness (QED) is 0.873. The summed E-state index contributed by atoms with van der Waals surface area (Å²) in [5.74, 6) is 0.433. The summed E-state index contributed by atoms with van der Waals surface area (Å²) in [6.07, 6.45) is 3.99. The van der Waals surface area contributed by atoms with Gasteiger partial charge in [-0.1, -0.05) is 0 Å². The largest absolute Gasteiger partial charge is 0.469 e. The van der Waals surface area contributed by atoms with Crippen molar-refractivity contribution in [3.8, 4) is 0 Å². The number of rotatable bonds is 3. The maximum atomic E-state index is 12.7. The molecule has 0 bridgehead atoms. The maximum absolute atomic E-state index is 12.7. The first-order chi connectivity index (χ1) is 10.4. The molecule has 0 aliphatic carbocycles. The molecule has 0 aromatic carbocycles. The van der Waals surface area contributed by atoms with Crippen molar-refractivity contribution in [3.05, 3.63) is 23.7 Å². The molecule has 2 aliphatic rings. The van der Waals surface area contributed by atoms with E-state index >= 15 is 0 Å². The van der Waals surface area contributed by atoms with Crippen molar-refractivity contribution >= 4 is 15.9 Å². The number of fused-ring (bicyclic) bond motifs is 1. The number of nitrogens with one attached hydrogen (secondary N) is 1. The molecule has 3 atom stereocenters. The molecule has 0 spiro atoms. The van der Waals surface area contributed by atoms with Crippen molar-refractivity contribution in [1.82, 2.24) is 9.62 Å². The summed E-state index contributed by atoms with van der Waals surface area (Å²) in [5, 5.41) is 0. The number of likely N-dealkylation sites (tertiary alicyclic amines) is 1. The summed E-state index contributed by atoms with van der Waals surface area (Å²) in [4.78, 5) is 14.4. The van der Waals surface area contributed by atoms with Gasteiger partial charge in [0.05, 0.1) is 36.3 Å². The highest BCUT2D eigenvalue weighted by Gasteiger charge is 2.47. The van der Waals surface area contributed by atoms with E-state index in [1.54, 1.807) is 17.9 Å². The number of carbonyl (C=O) groups excluding carboxylic acids is 1. The number of sulfonamides is 1. The summed E-state index contributed by atoms with van der Waals surface area (Å²) < 4.78 is 36.6. The third-order valence-corrected chi connectivity index (χ3v) is 4.97. The zero-order valence-corrected chi connectivity index (χ0v) is 13.4. The number of furan rings is 1. The van der Waals surface area contributed by atoms with Gasteiger partial charge in [-0.3, -0.25) is 4.79 Å². The van der Waals surface area contributed by atoms with Gasteiger partial charge in [-0.15, -0.1) is 0 Å². The van der Waals surface area contributed by atoms with E-state index in [4.69, 9.17) is 9.15 Å². The number of hydrogen-bond donors (Lipinski definition) is 1. The van der Waals surface area contributed by atoms with Gasteiger partial charge in [-0.2, -0.15) is 0 Å². The van der Waals surface area contributed by atoms with Crippen LogP contribution in [0.4, 0.5) is 0 Å². The fourth-order valence-electron chi connectivity index (χ4n) is 3.33. The van der Waals surface area contributed by atoms with Crippen LogP contribution in [0.5, 0.6) is 0 Å². The Morgan fingerprint density at radius 1 is 1.45 bits per heavy atom. The molecule has 0 unspecified atom stereocenters. The number of carbonyl (C=O) groups is 1. The molecule has 22 heavy (non-hydrogen) atoms. The molecule has 122 valence electrons. The fourth-order valence-corrected chi connectivity index (χ4v) is 4.09. The molecular formula is C14H20N2O5S. The van der Waals surface area contributed by atoms with Crippen LogP contribution in [0.15, 0.2) is 16.7 Å². The van der Waals surface area contributed by atoms with Crippen LogP contribution in [-0.2, 0) is 14.8 Å². The highest BCUT2D eigenvalue weighted by atomic mass is 32.2. The number of nitrogens with zero attached hydrogens (tertiary/aromatic N) is 1. The molecule has 1 N–H and O–H groups in total. The summed E-state index contributed by atoms with van der Waals surface area (Å²) in [7, 11) is -3.36. The predicted molar refractivity (Wildman–Crippen MR) is 79.0 cm³/mol. The molecule has 1 aromatic rings. The minimum Gasteiger partial charge on any atom is -0.469 e. The summed E-state index contributed by atoms with van der Waals surface area (Å²) in [6.45, 7) is 2.64. The Morgan fingerprint density at radius 2 is 2.23 bits per heavy atom. The molecule has 1 aromatic heterocycles. The van der Waals surface area contributed by atoms with E-state index in [2.05, 4.69) is 4.72 Å². The maximum Gasteiger partial charge on any atom is 0.257 e. The topological polar surface area (TPSA) is 88.9 Å². The Kier molecular flexibility index (Phi) is 4.00. The standard InChI is InChI=1S/C14H20N2O5S/c1-9-10(5-7-20-9)14(17)16-8-11(15-22(2,18)19)13-12(16)4-3-6-21-13/h5,7,11-13,15H,3-4,6,8H2,1-2H3/t11-,12-,13-/m1/s1. The number of hydrogen-bond acceptors (Lipinski definition) is 5. The third-order valence-electron chi connectivity index (χ3n) is 4.24. The van der Waals surface area contributed by atoms with E-state index in [1.807, 2.05) is 0 Å². The number of ether oxygens (including phenoxy) is 1. The lowest BCUT2D eigenvalue weighted by Crippen LogP contribution is -2.47. The van der Waals surface area contributed by atoms with Crippen molar-refractivity contribution in [2.75, 3.05) is 19.4 Å². The Labute approximate surface area is 129 Å². The average molecular weight is 328 g/mol. The van der Waals surface area contributed by atoms with Crippen molar-refractivity contribution in [2.45, 2.75) is 38.0 Å². The van der Waals surface area contributed by atoms with E-state index in [0.29, 0.717) is 24.5 Å². The molecule has 1 amide bonds. The van der Waals surface area contributed by atoms with E-state index < -0.39 is 16.1 Å². The van der Waals surface area contributed by atoms with Crippen LogP contribution in [0.2, 0.25) is 0 Å². The lowest BCUT2D eigenvalue weighted by Gasteiger charge is -2.32. The first-order valence-electron chi connectivity index (χ1n) is 7.31. The second kappa shape index (κ2) is 5.68. The molecule has 2 fully saturated rings. The second-order valence-corrected chi connectivity index (χ2v) is 7.67. The van der Waals surface area contributed by atoms with E-state index in [0.717, 1.165) is 19.1 Å². The van der Waals surface area contributed by atoms with Crippen LogP contribution in [0.3, 0.4) is 0 Å². The molecular weight excluding hydrogens is 308 g/mol. The van der Waals surface area contributed by atoms with Crippen molar-refractivity contribution < 1.29 is 22.4 Å². The minimum atomic E-state index is -3.36. The molecule has 8 heteroatoms. The van der Waals surface area contributed by atoms with E-state index in [1.165, 1.54) is 6.26 Å². The Balaban J connectivity index is 1.85. The number of amides is 1. The smallest absolute Gasteiger partial charge is 0.257 e. The molecule has 0 radical (unpaired) electrons. The van der Waals surface area contributed by atoms with Gasteiger partial charge in [0.15, 0.2) is 0 Å². The van der Waals surface area contributed by atoms with Crippen LogP contribution in [-0.4, -0.2) is 56.8 Å². The SMILES string of the molecule is Cc1occc1C(=O)N1C[C@@H](NS(C)(=O)=O)[C@H]2OCCC[C@H]21. The van der Waals surface area contributed by atoms with Crippen LogP contribution in [0, 0.1) is 6.92 Å². The molecule has 7 nitrogen and oxygen atoms in total. The lowest BCUT2D eigenvalue weighted by atomic mass is 10.0. The zero-order chi connectivity index (χ0) is 15.9. The Bertz CT molecular complexity index is 669. The number of aryl methyl sites for hydroxylation is 1. The minimum absolute atomic E-state index is 0.102. The van der Waals surface area contributed by atoms with Gasteiger partial charge in [0, 0.05) is 13.2 Å². The summed E-state index contributed by atoms with van der Waals surface area (Å²) >= 11 is 0. The second-order valence-electron chi connectivity index (χ2n) is 5.89.